The highest BCUT2D eigenvalue weighted by atomic mass is 16.3. The van der Waals surface area contributed by atoms with Gasteiger partial charge in [0.1, 0.15) is 5.75 Å². The van der Waals surface area contributed by atoms with Crippen molar-refractivity contribution in [3.05, 3.63) is 144 Å². The first-order chi connectivity index (χ1) is 18.1. The first kappa shape index (κ1) is 22.9. The number of phenolic OH excluding ortho intramolecular Hbond substituents is 1. The van der Waals surface area contributed by atoms with Crippen molar-refractivity contribution < 1.29 is 14.7 Å². The van der Waals surface area contributed by atoms with Crippen LogP contribution in [0, 0.1) is 5.92 Å². The van der Waals surface area contributed by atoms with Gasteiger partial charge in [-0.2, -0.15) is 0 Å². The maximum absolute atomic E-state index is 14.6. The third-order valence-corrected chi connectivity index (χ3v) is 8.01. The zero-order chi connectivity index (χ0) is 25.6. The fourth-order valence-corrected chi connectivity index (χ4v) is 6.41. The molecule has 0 amide bonds. The molecule has 0 saturated carbocycles. The minimum atomic E-state index is -1.14. The molecular formula is C34H26O3. The van der Waals surface area contributed by atoms with E-state index in [0.717, 1.165) is 27.6 Å². The molecule has 2 aliphatic rings. The van der Waals surface area contributed by atoms with Crippen LogP contribution in [0.4, 0.5) is 0 Å². The summed E-state index contributed by atoms with van der Waals surface area (Å²) in [6, 6.07) is 30.4. The van der Waals surface area contributed by atoms with Gasteiger partial charge < -0.3 is 5.11 Å². The second-order valence-corrected chi connectivity index (χ2v) is 9.74. The van der Waals surface area contributed by atoms with Gasteiger partial charge in [0.2, 0.25) is 0 Å². The number of hydrogen-bond acceptors (Lipinski definition) is 3. The van der Waals surface area contributed by atoms with Gasteiger partial charge in [0.25, 0.3) is 0 Å². The highest BCUT2D eigenvalue weighted by Crippen LogP contribution is 2.58. The average Bonchev–Trinajstić information content (AvgIpc) is 2.95. The van der Waals surface area contributed by atoms with Crippen molar-refractivity contribution >= 4 is 27.9 Å². The highest BCUT2D eigenvalue weighted by Gasteiger charge is 2.59. The summed E-state index contributed by atoms with van der Waals surface area (Å²) in [4.78, 5) is 28.8. The van der Waals surface area contributed by atoms with Crippen LogP contribution in [-0.2, 0) is 15.0 Å². The van der Waals surface area contributed by atoms with E-state index in [1.807, 2.05) is 91.0 Å². The Hall–Kier alpha value is -4.50. The molecule has 2 aliphatic carbocycles. The lowest BCUT2D eigenvalue weighted by Crippen LogP contribution is -2.54. The van der Waals surface area contributed by atoms with Gasteiger partial charge >= 0.3 is 0 Å². The van der Waals surface area contributed by atoms with E-state index in [1.165, 1.54) is 0 Å². The maximum atomic E-state index is 14.6. The van der Waals surface area contributed by atoms with Crippen LogP contribution in [0.5, 0.6) is 5.75 Å². The summed E-state index contributed by atoms with van der Waals surface area (Å²) in [5.41, 5.74) is 2.70. The van der Waals surface area contributed by atoms with E-state index in [1.54, 1.807) is 18.2 Å². The number of hydrogen-bond donors (Lipinski definition) is 1. The molecule has 0 radical (unpaired) electrons. The van der Waals surface area contributed by atoms with E-state index in [0.29, 0.717) is 17.4 Å². The minimum Gasteiger partial charge on any atom is -0.507 e. The summed E-state index contributed by atoms with van der Waals surface area (Å²) in [5, 5.41) is 12.2. The first-order valence-electron chi connectivity index (χ1n) is 12.5. The molecular weight excluding hydrogens is 456 g/mol. The molecule has 3 heteroatoms. The van der Waals surface area contributed by atoms with Crippen molar-refractivity contribution in [1.82, 2.24) is 0 Å². The normalized spacial score (nSPS) is 23.2. The topological polar surface area (TPSA) is 54.4 Å². The van der Waals surface area contributed by atoms with Gasteiger partial charge in [-0.1, -0.05) is 110 Å². The van der Waals surface area contributed by atoms with Crippen LogP contribution in [-0.4, -0.2) is 16.7 Å². The Morgan fingerprint density at radius 2 is 1.46 bits per heavy atom. The average molecular weight is 483 g/mol. The van der Waals surface area contributed by atoms with E-state index in [-0.39, 0.29) is 17.3 Å². The van der Waals surface area contributed by atoms with Crippen LogP contribution >= 0.6 is 0 Å². The molecule has 3 nitrogen and oxygen atoms in total. The zero-order valence-corrected chi connectivity index (χ0v) is 20.3. The summed E-state index contributed by atoms with van der Waals surface area (Å²) >= 11 is 0. The Kier molecular flexibility index (Phi) is 5.49. The van der Waals surface area contributed by atoms with Crippen LogP contribution in [0.15, 0.2) is 127 Å². The lowest BCUT2D eigenvalue weighted by Gasteiger charge is -2.50. The number of allylic oxidation sites excluding steroid dienone is 5. The number of carbonyl (C=O) groups excluding carboxylic acids is 2. The van der Waals surface area contributed by atoms with Crippen LogP contribution in [0.3, 0.4) is 0 Å². The molecule has 0 aromatic heterocycles. The van der Waals surface area contributed by atoms with Gasteiger partial charge in [-0.25, -0.2) is 0 Å². The van der Waals surface area contributed by atoms with E-state index in [2.05, 4.69) is 12.7 Å². The van der Waals surface area contributed by atoms with Crippen molar-refractivity contribution in [3.63, 3.8) is 0 Å². The second-order valence-electron chi connectivity index (χ2n) is 9.74. The quantitative estimate of drug-likeness (QED) is 0.343. The maximum Gasteiger partial charge on any atom is 0.168 e. The van der Waals surface area contributed by atoms with Crippen LogP contribution in [0.25, 0.3) is 16.3 Å². The standard InChI is InChI=1S/C34H26O3/c1-2-22-17-19-29-33(37)28(23-11-5-3-6-12-23)21-31(36)34(29,24-13-7-4-8-14-24)32(22)27-18-20-30(35)26-16-10-9-15-25(26)27/h2-18,20-21,29,32,35H,1,19H2. The second kappa shape index (κ2) is 8.86. The van der Waals surface area contributed by atoms with Crippen molar-refractivity contribution in [2.45, 2.75) is 17.8 Å². The molecule has 0 saturated heterocycles. The summed E-state index contributed by atoms with van der Waals surface area (Å²) < 4.78 is 0. The fraction of sp³-hybridized carbons (Fsp3) is 0.118. The SMILES string of the molecule is C=CC1=CCC2C(=O)C(c3ccccc3)=CC(=O)C2(c2ccccc2)C1c1ccc(O)c2ccccc12. The number of benzene rings is 4. The van der Waals surface area contributed by atoms with Gasteiger partial charge in [-0.15, -0.1) is 0 Å². The number of aromatic hydroxyl groups is 1. The molecule has 37 heavy (non-hydrogen) atoms. The molecule has 0 bridgehead atoms. The Morgan fingerprint density at radius 1 is 0.811 bits per heavy atom. The molecule has 0 heterocycles. The molecule has 6 rings (SSSR count). The molecule has 4 aromatic carbocycles. The summed E-state index contributed by atoms with van der Waals surface area (Å²) in [6.45, 7) is 4.10. The molecule has 4 aromatic rings. The van der Waals surface area contributed by atoms with Crippen molar-refractivity contribution in [2.75, 3.05) is 0 Å². The van der Waals surface area contributed by atoms with Crippen molar-refractivity contribution in [2.24, 2.45) is 5.92 Å². The summed E-state index contributed by atoms with van der Waals surface area (Å²) in [7, 11) is 0. The van der Waals surface area contributed by atoms with Crippen LogP contribution < -0.4 is 0 Å². The molecule has 3 unspecified atom stereocenters. The van der Waals surface area contributed by atoms with E-state index >= 15 is 0 Å². The number of ketones is 2. The highest BCUT2D eigenvalue weighted by molar-refractivity contribution is 6.31. The number of carbonyl (C=O) groups is 2. The van der Waals surface area contributed by atoms with Crippen LogP contribution in [0.1, 0.15) is 29.0 Å². The Bertz CT molecular complexity index is 1610. The monoisotopic (exact) mass is 482 g/mol. The predicted molar refractivity (Wildman–Crippen MR) is 147 cm³/mol. The summed E-state index contributed by atoms with van der Waals surface area (Å²) in [5.74, 6) is -0.966. The molecule has 180 valence electrons. The van der Waals surface area contributed by atoms with Crippen molar-refractivity contribution in [1.29, 1.82) is 0 Å². The molecule has 0 fully saturated rings. The number of phenols is 1. The number of Topliss-reactive ketones (excluding diaryl/α,β-unsaturated/α-hetero) is 1. The van der Waals surface area contributed by atoms with Gasteiger partial charge in [-0.05, 0) is 46.2 Å². The largest absolute Gasteiger partial charge is 0.507 e. The third kappa shape index (κ3) is 3.35. The fourth-order valence-electron chi connectivity index (χ4n) is 6.41. The van der Waals surface area contributed by atoms with E-state index in [4.69, 9.17) is 0 Å². The van der Waals surface area contributed by atoms with Crippen LogP contribution in [0.2, 0.25) is 0 Å². The predicted octanol–water partition coefficient (Wildman–Crippen LogP) is 6.93. The smallest absolute Gasteiger partial charge is 0.168 e. The summed E-state index contributed by atoms with van der Waals surface area (Å²) in [6.07, 6.45) is 5.87. The third-order valence-electron chi connectivity index (χ3n) is 8.01. The van der Waals surface area contributed by atoms with Gasteiger partial charge in [0.15, 0.2) is 11.6 Å². The number of fused-ring (bicyclic) bond motifs is 2. The zero-order valence-electron chi connectivity index (χ0n) is 20.3. The molecule has 0 spiro atoms. The first-order valence-corrected chi connectivity index (χ1v) is 12.5. The molecule has 1 N–H and O–H groups in total. The lowest BCUT2D eigenvalue weighted by molar-refractivity contribution is -0.131. The number of rotatable bonds is 4. The molecule has 3 atom stereocenters. The Balaban J connectivity index is 1.69. The van der Waals surface area contributed by atoms with Gasteiger partial charge in [0.05, 0.1) is 5.41 Å². The lowest BCUT2D eigenvalue weighted by atomic mass is 9.49. The van der Waals surface area contributed by atoms with Gasteiger partial charge in [-0.3, -0.25) is 9.59 Å². The Labute approximate surface area is 216 Å². The van der Waals surface area contributed by atoms with Crippen molar-refractivity contribution in [3.8, 4) is 5.75 Å². The van der Waals surface area contributed by atoms with E-state index in [9.17, 15) is 14.7 Å². The van der Waals surface area contributed by atoms with E-state index < -0.39 is 17.3 Å². The van der Waals surface area contributed by atoms with Gasteiger partial charge in [0, 0.05) is 22.8 Å². The molecule has 0 aliphatic heterocycles. The minimum absolute atomic E-state index is 0.0258. The Morgan fingerprint density at radius 3 is 2.16 bits per heavy atom.